The molecule has 166 valence electrons. The number of benzene rings is 1. The van der Waals surface area contributed by atoms with Crippen molar-refractivity contribution in [3.05, 3.63) is 29.8 Å². The lowest BCUT2D eigenvalue weighted by atomic mass is 10.0. The summed E-state index contributed by atoms with van der Waals surface area (Å²) in [5, 5.41) is 9.11. The van der Waals surface area contributed by atoms with E-state index in [1.807, 2.05) is 0 Å². The molecule has 1 aromatic rings. The van der Waals surface area contributed by atoms with Crippen LogP contribution < -0.4 is 4.74 Å². The minimum Gasteiger partial charge on any atom is -0.490 e. The van der Waals surface area contributed by atoms with Gasteiger partial charge in [0.05, 0.1) is 6.61 Å². The molecule has 0 bridgehead atoms. The molecule has 0 aliphatic heterocycles. The Kier molecular flexibility index (Phi) is 16.2. The molecule has 0 fully saturated rings. The predicted molar refractivity (Wildman–Crippen MR) is 120 cm³/mol. The molecule has 0 heterocycles. The number of para-hydroxylation sites is 1. The maximum atomic E-state index is 11.1. The van der Waals surface area contributed by atoms with Crippen LogP contribution in [0.4, 0.5) is 0 Å². The lowest BCUT2D eigenvalue weighted by molar-refractivity contribution is 0.0684. The van der Waals surface area contributed by atoms with Gasteiger partial charge < -0.3 is 14.6 Å². The van der Waals surface area contributed by atoms with E-state index in [4.69, 9.17) is 14.6 Å². The first kappa shape index (κ1) is 25.5. The maximum Gasteiger partial charge on any atom is 0.339 e. The zero-order valence-corrected chi connectivity index (χ0v) is 18.5. The monoisotopic (exact) mass is 406 g/mol. The van der Waals surface area contributed by atoms with Gasteiger partial charge in [-0.3, -0.25) is 0 Å². The largest absolute Gasteiger partial charge is 0.490 e. The van der Waals surface area contributed by atoms with Gasteiger partial charge in [0.25, 0.3) is 0 Å². The zero-order valence-electron chi connectivity index (χ0n) is 18.5. The normalized spacial score (nSPS) is 10.9. The summed E-state index contributed by atoms with van der Waals surface area (Å²) in [6.45, 7) is 3.89. The molecule has 0 atom stereocenters. The Hall–Kier alpha value is -1.55. The first-order valence-electron chi connectivity index (χ1n) is 11.8. The molecule has 1 aromatic carbocycles. The fraction of sp³-hybridized carbons (Fsp3) is 0.720. The number of carboxylic acids is 1. The van der Waals surface area contributed by atoms with E-state index in [-0.39, 0.29) is 5.56 Å². The summed E-state index contributed by atoms with van der Waals surface area (Å²) < 4.78 is 11.1. The van der Waals surface area contributed by atoms with E-state index in [0.717, 1.165) is 13.0 Å². The molecule has 0 amide bonds. The number of carbonyl (C=O) groups is 1. The fourth-order valence-electron chi connectivity index (χ4n) is 3.48. The van der Waals surface area contributed by atoms with Gasteiger partial charge >= 0.3 is 5.97 Å². The highest BCUT2D eigenvalue weighted by atomic mass is 16.5. The topological polar surface area (TPSA) is 55.8 Å². The second-order valence-corrected chi connectivity index (χ2v) is 7.86. The third kappa shape index (κ3) is 14.1. The molecule has 4 heteroatoms. The zero-order chi connectivity index (χ0) is 21.0. The maximum absolute atomic E-state index is 11.1. The lowest BCUT2D eigenvalue weighted by Gasteiger charge is -2.09. The Labute approximate surface area is 178 Å². The number of hydrogen-bond donors (Lipinski definition) is 1. The Morgan fingerprint density at radius 3 is 1.79 bits per heavy atom. The molecule has 29 heavy (non-hydrogen) atoms. The van der Waals surface area contributed by atoms with E-state index in [2.05, 4.69) is 6.92 Å². The number of ether oxygens (including phenoxy) is 2. The van der Waals surface area contributed by atoms with Crippen LogP contribution in [0.5, 0.6) is 5.75 Å². The summed E-state index contributed by atoms with van der Waals surface area (Å²) in [7, 11) is 0. The molecule has 0 unspecified atom stereocenters. The second kappa shape index (κ2) is 18.5. The smallest absolute Gasteiger partial charge is 0.339 e. The first-order chi connectivity index (χ1) is 14.3. The fourth-order valence-corrected chi connectivity index (χ4v) is 3.48. The van der Waals surface area contributed by atoms with E-state index < -0.39 is 5.97 Å². The summed E-state index contributed by atoms with van der Waals surface area (Å²) in [5.74, 6) is -0.566. The summed E-state index contributed by atoms with van der Waals surface area (Å²) >= 11 is 0. The van der Waals surface area contributed by atoms with Crippen molar-refractivity contribution in [2.24, 2.45) is 0 Å². The third-order valence-corrected chi connectivity index (χ3v) is 5.24. The molecule has 0 saturated carbocycles. The van der Waals surface area contributed by atoms with Gasteiger partial charge in [0.15, 0.2) is 0 Å². The van der Waals surface area contributed by atoms with Gasteiger partial charge in [-0.25, -0.2) is 4.79 Å². The first-order valence-corrected chi connectivity index (χ1v) is 11.8. The molecule has 4 nitrogen and oxygen atoms in total. The van der Waals surface area contributed by atoms with E-state index >= 15 is 0 Å². The van der Waals surface area contributed by atoms with Crippen LogP contribution in [0.25, 0.3) is 0 Å². The van der Waals surface area contributed by atoms with E-state index in [0.29, 0.717) is 19.0 Å². The van der Waals surface area contributed by atoms with Crippen LogP contribution in [0.1, 0.15) is 107 Å². The Morgan fingerprint density at radius 1 is 0.724 bits per heavy atom. The predicted octanol–water partition coefficient (Wildman–Crippen LogP) is 7.26. The summed E-state index contributed by atoms with van der Waals surface area (Å²) in [6, 6.07) is 6.70. The number of unbranched alkanes of at least 4 members (excludes halogenated alkanes) is 13. The molecular formula is C25H42O4. The van der Waals surface area contributed by atoms with Gasteiger partial charge in [-0.1, -0.05) is 103 Å². The van der Waals surface area contributed by atoms with E-state index in [1.54, 1.807) is 24.3 Å². The highest BCUT2D eigenvalue weighted by Gasteiger charge is 2.09. The third-order valence-electron chi connectivity index (χ3n) is 5.24. The highest BCUT2D eigenvalue weighted by molar-refractivity contribution is 5.90. The Bertz CT molecular complexity index is 515. The average Bonchev–Trinajstić information content (AvgIpc) is 2.73. The van der Waals surface area contributed by atoms with Crippen LogP contribution in [0.15, 0.2) is 24.3 Å². The van der Waals surface area contributed by atoms with Crippen molar-refractivity contribution in [1.29, 1.82) is 0 Å². The molecule has 0 aliphatic rings. The van der Waals surface area contributed by atoms with Gasteiger partial charge in [0.2, 0.25) is 0 Å². The van der Waals surface area contributed by atoms with Crippen LogP contribution in [-0.2, 0) is 4.74 Å². The summed E-state index contributed by atoms with van der Waals surface area (Å²) in [4.78, 5) is 11.1. The van der Waals surface area contributed by atoms with Crippen molar-refractivity contribution >= 4 is 5.97 Å². The summed E-state index contributed by atoms with van der Waals surface area (Å²) in [6.07, 6.45) is 19.0. The van der Waals surface area contributed by atoms with Crippen LogP contribution in [0.2, 0.25) is 0 Å². The van der Waals surface area contributed by atoms with E-state index in [9.17, 15) is 4.79 Å². The Balaban J connectivity index is 1.81. The van der Waals surface area contributed by atoms with Crippen molar-refractivity contribution in [1.82, 2.24) is 0 Å². The van der Waals surface area contributed by atoms with Crippen LogP contribution in [0, 0.1) is 0 Å². The van der Waals surface area contributed by atoms with Crippen LogP contribution in [-0.4, -0.2) is 30.9 Å². The number of aromatic carboxylic acids is 1. The minimum atomic E-state index is -0.969. The number of rotatable bonds is 20. The van der Waals surface area contributed by atoms with Gasteiger partial charge in [-0.15, -0.1) is 0 Å². The molecule has 0 spiro atoms. The van der Waals surface area contributed by atoms with Crippen molar-refractivity contribution in [2.75, 3.05) is 19.8 Å². The van der Waals surface area contributed by atoms with E-state index in [1.165, 1.54) is 83.5 Å². The molecule has 1 rings (SSSR count). The quantitative estimate of drug-likeness (QED) is 0.231. The standard InChI is InChI=1S/C25H42O4/c1-2-3-4-5-6-7-8-9-10-11-12-13-14-17-20-28-21-22-29-24-19-16-15-18-23(24)25(26)27/h15-16,18-19H,2-14,17,20-22H2,1H3,(H,26,27). The molecule has 1 N–H and O–H groups in total. The average molecular weight is 407 g/mol. The SMILES string of the molecule is CCCCCCCCCCCCCCCCOCCOc1ccccc1C(=O)O. The van der Waals surface area contributed by atoms with Crippen molar-refractivity contribution < 1.29 is 19.4 Å². The molecule has 0 aliphatic carbocycles. The van der Waals surface area contributed by atoms with Gasteiger partial charge in [-0.2, -0.15) is 0 Å². The van der Waals surface area contributed by atoms with Crippen LogP contribution >= 0.6 is 0 Å². The minimum absolute atomic E-state index is 0.194. The molecule has 0 saturated heterocycles. The Morgan fingerprint density at radius 2 is 1.24 bits per heavy atom. The van der Waals surface area contributed by atoms with Crippen molar-refractivity contribution in [2.45, 2.75) is 96.8 Å². The molecule has 0 aromatic heterocycles. The van der Waals surface area contributed by atoms with Crippen molar-refractivity contribution in [3.63, 3.8) is 0 Å². The lowest BCUT2D eigenvalue weighted by Crippen LogP contribution is -2.10. The number of hydrogen-bond acceptors (Lipinski definition) is 3. The van der Waals surface area contributed by atoms with Gasteiger partial charge in [0, 0.05) is 6.61 Å². The van der Waals surface area contributed by atoms with Gasteiger partial charge in [0.1, 0.15) is 17.9 Å². The summed E-state index contributed by atoms with van der Waals surface area (Å²) in [5.41, 5.74) is 0.194. The van der Waals surface area contributed by atoms with Crippen molar-refractivity contribution in [3.8, 4) is 5.75 Å². The highest BCUT2D eigenvalue weighted by Crippen LogP contribution is 2.17. The van der Waals surface area contributed by atoms with Gasteiger partial charge in [-0.05, 0) is 18.6 Å². The second-order valence-electron chi connectivity index (χ2n) is 7.86. The van der Waals surface area contributed by atoms with Crippen LogP contribution in [0.3, 0.4) is 0 Å². The number of carboxylic acid groups (broad SMARTS) is 1. The molecule has 0 radical (unpaired) electrons. The molecular weight excluding hydrogens is 364 g/mol.